The smallest absolute Gasteiger partial charge is 0.0159 e. The van der Waals surface area contributed by atoms with E-state index in [2.05, 4.69) is 153 Å². The van der Waals surface area contributed by atoms with E-state index in [0.29, 0.717) is 0 Å². The summed E-state index contributed by atoms with van der Waals surface area (Å²) in [5.74, 6) is 0. The molecule has 39 heavy (non-hydrogen) atoms. The highest BCUT2D eigenvalue weighted by Crippen LogP contribution is 2.50. The highest BCUT2D eigenvalue weighted by Gasteiger charge is 2.35. The van der Waals surface area contributed by atoms with E-state index in [1.165, 1.54) is 66.4 Å². The van der Waals surface area contributed by atoms with Crippen molar-refractivity contribution in [2.75, 3.05) is 0 Å². The molecule has 0 aromatic heterocycles. The molecule has 6 aromatic rings. The third kappa shape index (κ3) is 4.19. The monoisotopic (exact) mass is 498 g/mol. The number of hydrogen-bond acceptors (Lipinski definition) is 0. The number of fused-ring (bicyclic) bond motifs is 4. The molecule has 7 rings (SSSR count). The minimum absolute atomic E-state index is 0.0636. The van der Waals surface area contributed by atoms with Crippen LogP contribution in [0.5, 0.6) is 0 Å². The van der Waals surface area contributed by atoms with E-state index in [-0.39, 0.29) is 5.41 Å². The van der Waals surface area contributed by atoms with Crippen LogP contribution in [0, 0.1) is 0 Å². The lowest BCUT2D eigenvalue weighted by molar-refractivity contribution is 0.661. The Morgan fingerprint density at radius 3 is 1.56 bits per heavy atom. The summed E-state index contributed by atoms with van der Waals surface area (Å²) in [7, 11) is 0. The Hall–Kier alpha value is -4.68. The topological polar surface area (TPSA) is 0 Å². The van der Waals surface area contributed by atoms with Gasteiger partial charge in [0.1, 0.15) is 0 Å². The molecular weight excluding hydrogens is 468 g/mol. The van der Waals surface area contributed by atoms with Crippen molar-refractivity contribution in [1.29, 1.82) is 0 Å². The second-order valence-electron chi connectivity index (χ2n) is 11.1. The molecule has 0 fully saturated rings. The lowest BCUT2D eigenvalue weighted by Gasteiger charge is -2.22. The molecule has 0 aliphatic heterocycles. The first-order valence-corrected chi connectivity index (χ1v) is 13.7. The summed E-state index contributed by atoms with van der Waals surface area (Å²) < 4.78 is 0. The first-order chi connectivity index (χ1) is 19.1. The molecule has 1 aliphatic carbocycles. The Bertz CT molecular complexity index is 1850. The van der Waals surface area contributed by atoms with Gasteiger partial charge in [-0.3, -0.25) is 0 Å². The van der Waals surface area contributed by atoms with Crippen LogP contribution in [-0.2, 0) is 5.41 Å². The van der Waals surface area contributed by atoms with Crippen LogP contribution in [0.25, 0.3) is 56.3 Å². The first-order valence-electron chi connectivity index (χ1n) is 13.7. The minimum atomic E-state index is -0.0636. The van der Waals surface area contributed by atoms with Crippen LogP contribution < -0.4 is 0 Å². The zero-order valence-electron chi connectivity index (χ0n) is 22.4. The van der Waals surface area contributed by atoms with Gasteiger partial charge in [0.05, 0.1) is 0 Å². The fraction of sp³-hybridized carbons (Fsp3) is 0.0769. The van der Waals surface area contributed by atoms with E-state index in [9.17, 15) is 0 Å². The highest BCUT2D eigenvalue weighted by atomic mass is 14.4. The normalized spacial score (nSPS) is 13.5. The van der Waals surface area contributed by atoms with Crippen LogP contribution >= 0.6 is 0 Å². The van der Waals surface area contributed by atoms with Gasteiger partial charge in [-0.15, -0.1) is 0 Å². The van der Waals surface area contributed by atoms with Crippen molar-refractivity contribution in [2.24, 2.45) is 0 Å². The van der Waals surface area contributed by atoms with Gasteiger partial charge >= 0.3 is 0 Å². The van der Waals surface area contributed by atoms with Gasteiger partial charge < -0.3 is 0 Å². The SMILES string of the molecule is CC1(C)c2cc(-c3ccc(/C=C/c4ccccc4)cc3)ccc2-c2ccc(-c3ccc4ccccc4c3)cc21. The second-order valence-corrected chi connectivity index (χ2v) is 11.1. The van der Waals surface area contributed by atoms with Crippen LogP contribution in [0.3, 0.4) is 0 Å². The third-order valence-corrected chi connectivity index (χ3v) is 8.27. The van der Waals surface area contributed by atoms with Crippen LogP contribution in [-0.4, -0.2) is 0 Å². The fourth-order valence-corrected chi connectivity index (χ4v) is 6.01. The molecule has 0 spiro atoms. The van der Waals surface area contributed by atoms with Crippen molar-refractivity contribution in [3.05, 3.63) is 156 Å². The lowest BCUT2D eigenvalue weighted by Crippen LogP contribution is -2.15. The maximum Gasteiger partial charge on any atom is 0.0159 e. The van der Waals surface area contributed by atoms with Crippen molar-refractivity contribution in [1.82, 2.24) is 0 Å². The predicted molar refractivity (Wildman–Crippen MR) is 168 cm³/mol. The average molecular weight is 499 g/mol. The van der Waals surface area contributed by atoms with E-state index >= 15 is 0 Å². The number of benzene rings is 6. The highest BCUT2D eigenvalue weighted by molar-refractivity contribution is 5.89. The van der Waals surface area contributed by atoms with E-state index in [1.54, 1.807) is 0 Å². The molecule has 186 valence electrons. The Balaban J connectivity index is 1.20. The van der Waals surface area contributed by atoms with Gasteiger partial charge in [0, 0.05) is 5.41 Å². The van der Waals surface area contributed by atoms with Crippen molar-refractivity contribution in [3.63, 3.8) is 0 Å². The van der Waals surface area contributed by atoms with Crippen LogP contribution in [0.2, 0.25) is 0 Å². The Morgan fingerprint density at radius 2 is 0.897 bits per heavy atom. The van der Waals surface area contributed by atoms with Gasteiger partial charge in [-0.25, -0.2) is 0 Å². The summed E-state index contributed by atoms with van der Waals surface area (Å²) in [5.41, 5.74) is 12.9. The van der Waals surface area contributed by atoms with Gasteiger partial charge in [0.15, 0.2) is 0 Å². The summed E-state index contributed by atoms with van der Waals surface area (Å²) >= 11 is 0. The third-order valence-electron chi connectivity index (χ3n) is 8.27. The summed E-state index contributed by atoms with van der Waals surface area (Å²) in [6.45, 7) is 4.73. The van der Waals surface area contributed by atoms with E-state index in [0.717, 1.165) is 0 Å². The molecule has 0 amide bonds. The summed E-state index contributed by atoms with van der Waals surface area (Å²) in [6.07, 6.45) is 4.34. The lowest BCUT2D eigenvalue weighted by atomic mass is 9.80. The molecule has 0 heteroatoms. The molecule has 0 heterocycles. The Kier molecular flexibility index (Phi) is 5.56. The molecule has 0 saturated carbocycles. The summed E-state index contributed by atoms with van der Waals surface area (Å²) in [5, 5.41) is 2.56. The van der Waals surface area contributed by atoms with E-state index in [1.807, 2.05) is 6.07 Å². The largest absolute Gasteiger partial charge is 0.0622 e. The number of rotatable bonds is 4. The van der Waals surface area contributed by atoms with E-state index in [4.69, 9.17) is 0 Å². The zero-order chi connectivity index (χ0) is 26.4. The van der Waals surface area contributed by atoms with Crippen molar-refractivity contribution in [2.45, 2.75) is 19.3 Å². The number of hydrogen-bond donors (Lipinski definition) is 0. The molecule has 0 N–H and O–H groups in total. The molecule has 1 aliphatic rings. The summed E-state index contributed by atoms with van der Waals surface area (Å²) in [4.78, 5) is 0. The first kappa shape index (κ1) is 23.4. The molecule has 0 unspecified atom stereocenters. The molecular formula is C39H30. The van der Waals surface area contributed by atoms with Crippen molar-refractivity contribution in [3.8, 4) is 33.4 Å². The van der Waals surface area contributed by atoms with Crippen molar-refractivity contribution < 1.29 is 0 Å². The van der Waals surface area contributed by atoms with Gasteiger partial charge in [0.25, 0.3) is 0 Å². The molecule has 0 nitrogen and oxygen atoms in total. The van der Waals surface area contributed by atoms with Gasteiger partial charge in [-0.1, -0.05) is 141 Å². The zero-order valence-corrected chi connectivity index (χ0v) is 22.4. The van der Waals surface area contributed by atoms with Crippen molar-refractivity contribution >= 4 is 22.9 Å². The Labute approximate surface area is 230 Å². The second kappa shape index (κ2) is 9.26. The molecule has 0 atom stereocenters. The quantitative estimate of drug-likeness (QED) is 0.212. The molecule has 0 saturated heterocycles. The Morgan fingerprint density at radius 1 is 0.410 bits per heavy atom. The minimum Gasteiger partial charge on any atom is -0.0622 e. The van der Waals surface area contributed by atoms with E-state index < -0.39 is 0 Å². The average Bonchev–Trinajstić information content (AvgIpc) is 3.22. The maximum absolute atomic E-state index is 2.41. The molecule has 0 radical (unpaired) electrons. The van der Waals surface area contributed by atoms with Gasteiger partial charge in [-0.2, -0.15) is 0 Å². The predicted octanol–water partition coefficient (Wildman–Crippen LogP) is 10.7. The maximum atomic E-state index is 2.41. The van der Waals surface area contributed by atoms with Crippen LogP contribution in [0.1, 0.15) is 36.1 Å². The fourth-order valence-electron chi connectivity index (χ4n) is 6.01. The van der Waals surface area contributed by atoms with Crippen LogP contribution in [0.4, 0.5) is 0 Å². The molecule has 6 aromatic carbocycles. The van der Waals surface area contributed by atoms with Gasteiger partial charge in [-0.05, 0) is 84.6 Å². The molecule has 0 bridgehead atoms. The van der Waals surface area contributed by atoms with Crippen LogP contribution in [0.15, 0.2) is 133 Å². The standard InChI is InChI=1S/C39H30/c1-39(2)37-25-33(30-16-14-28(15-17-30)13-12-27-8-4-3-5-9-27)20-22-35(37)36-23-21-34(26-38(36)39)32-19-18-29-10-6-7-11-31(29)24-32/h3-26H,1-2H3/b13-12+. The summed E-state index contributed by atoms with van der Waals surface area (Å²) in [6, 6.07) is 48.7. The van der Waals surface area contributed by atoms with Gasteiger partial charge in [0.2, 0.25) is 0 Å².